The monoisotopic (exact) mass is 300 g/mol. The molecule has 5 nitrogen and oxygen atoms in total. The van der Waals surface area contributed by atoms with E-state index in [1.165, 1.54) is 0 Å². The summed E-state index contributed by atoms with van der Waals surface area (Å²) in [5.41, 5.74) is -0.202. The lowest BCUT2D eigenvalue weighted by Crippen LogP contribution is -2.40. The van der Waals surface area contributed by atoms with Crippen LogP contribution in [-0.2, 0) is 4.79 Å². The van der Waals surface area contributed by atoms with Gasteiger partial charge in [-0.05, 0) is 18.6 Å². The average molecular weight is 300 g/mol. The molecule has 0 spiro atoms. The van der Waals surface area contributed by atoms with Gasteiger partial charge >= 0.3 is 0 Å². The molecule has 1 aromatic carbocycles. The van der Waals surface area contributed by atoms with Crippen molar-refractivity contribution < 1.29 is 23.5 Å². The molecule has 0 aliphatic rings. The van der Waals surface area contributed by atoms with Crippen LogP contribution in [0.5, 0.6) is 0 Å². The van der Waals surface area contributed by atoms with Crippen LogP contribution >= 0.6 is 0 Å². The molecule has 0 aliphatic heterocycles. The maximum absolute atomic E-state index is 12.9. The molecule has 0 saturated carbocycles. The van der Waals surface area contributed by atoms with Crippen LogP contribution in [0, 0.1) is 11.6 Å². The molecular weight excluding hydrogens is 282 g/mol. The van der Waals surface area contributed by atoms with Gasteiger partial charge in [-0.1, -0.05) is 13.3 Å². The first kappa shape index (κ1) is 17.0. The van der Waals surface area contributed by atoms with E-state index in [0.717, 1.165) is 18.6 Å². The Hall–Kier alpha value is -2.02. The first-order valence-corrected chi connectivity index (χ1v) is 6.61. The van der Waals surface area contributed by atoms with Crippen LogP contribution < -0.4 is 10.6 Å². The summed E-state index contributed by atoms with van der Waals surface area (Å²) in [6.45, 7) is 1.66. The first-order chi connectivity index (χ1) is 9.92. The molecule has 2 amide bonds. The van der Waals surface area contributed by atoms with Crippen molar-refractivity contribution in [2.24, 2.45) is 0 Å². The Labute approximate surface area is 121 Å². The van der Waals surface area contributed by atoms with Crippen molar-refractivity contribution in [2.45, 2.75) is 25.9 Å². The predicted octanol–water partition coefficient (Wildman–Crippen LogP) is 0.972. The van der Waals surface area contributed by atoms with Crippen LogP contribution in [0.4, 0.5) is 8.78 Å². The van der Waals surface area contributed by atoms with Gasteiger partial charge < -0.3 is 15.7 Å². The van der Waals surface area contributed by atoms with Gasteiger partial charge in [0.05, 0.1) is 12.6 Å². The lowest BCUT2D eigenvalue weighted by atomic mass is 10.2. The van der Waals surface area contributed by atoms with Crippen LogP contribution in [0.15, 0.2) is 18.2 Å². The van der Waals surface area contributed by atoms with Crippen LogP contribution in [0.2, 0.25) is 0 Å². The fraction of sp³-hybridized carbons (Fsp3) is 0.429. The summed E-state index contributed by atoms with van der Waals surface area (Å²) in [6.07, 6.45) is 0.723. The summed E-state index contributed by atoms with van der Waals surface area (Å²) in [5.74, 6) is -2.98. The summed E-state index contributed by atoms with van der Waals surface area (Å²) in [6, 6.07) is 2.40. The van der Waals surface area contributed by atoms with Gasteiger partial charge in [-0.2, -0.15) is 0 Å². The van der Waals surface area contributed by atoms with E-state index in [0.29, 0.717) is 12.5 Å². The molecule has 0 fully saturated rings. The number of aliphatic hydroxyl groups excluding tert-OH is 1. The van der Waals surface area contributed by atoms with Gasteiger partial charge in [0.15, 0.2) is 0 Å². The van der Waals surface area contributed by atoms with E-state index in [1.807, 2.05) is 6.92 Å². The smallest absolute Gasteiger partial charge is 0.251 e. The molecular formula is C14H18F2N2O3. The van der Waals surface area contributed by atoms with Crippen LogP contribution in [-0.4, -0.2) is 36.1 Å². The molecule has 0 aliphatic carbocycles. The zero-order valence-corrected chi connectivity index (χ0v) is 11.7. The zero-order valence-electron chi connectivity index (χ0n) is 11.7. The van der Waals surface area contributed by atoms with E-state index in [4.69, 9.17) is 0 Å². The summed E-state index contributed by atoms with van der Waals surface area (Å²) < 4.78 is 25.9. The molecule has 0 aromatic heterocycles. The second-order valence-electron chi connectivity index (χ2n) is 4.59. The van der Waals surface area contributed by atoms with Crippen LogP contribution in [0.1, 0.15) is 30.1 Å². The Balaban J connectivity index is 2.40. The normalized spacial score (nSPS) is 11.8. The Morgan fingerprint density at radius 1 is 1.19 bits per heavy atom. The molecule has 0 bridgehead atoms. The summed E-state index contributed by atoms with van der Waals surface area (Å²) >= 11 is 0. The van der Waals surface area contributed by atoms with Gasteiger partial charge in [-0.25, -0.2) is 8.78 Å². The summed E-state index contributed by atoms with van der Waals surface area (Å²) in [5, 5.41) is 14.1. The second-order valence-corrected chi connectivity index (χ2v) is 4.59. The first-order valence-electron chi connectivity index (χ1n) is 6.61. The Morgan fingerprint density at radius 3 is 2.38 bits per heavy atom. The maximum Gasteiger partial charge on any atom is 0.251 e. The third kappa shape index (κ3) is 6.31. The molecule has 21 heavy (non-hydrogen) atoms. The number of hydrogen-bond acceptors (Lipinski definition) is 3. The number of nitrogens with one attached hydrogen (secondary N) is 2. The minimum absolute atomic E-state index is 0.0944. The largest absolute Gasteiger partial charge is 0.391 e. The fourth-order valence-corrected chi connectivity index (χ4v) is 1.68. The van der Waals surface area contributed by atoms with Gasteiger partial charge in [-0.15, -0.1) is 0 Å². The Kier molecular flexibility index (Phi) is 6.74. The molecule has 116 valence electrons. The van der Waals surface area contributed by atoms with E-state index in [-0.39, 0.29) is 18.7 Å². The maximum atomic E-state index is 12.9. The highest BCUT2D eigenvalue weighted by atomic mass is 19.1. The number of hydrogen-bond donors (Lipinski definition) is 3. The highest BCUT2D eigenvalue weighted by Crippen LogP contribution is 2.07. The van der Waals surface area contributed by atoms with Crippen molar-refractivity contribution in [1.29, 1.82) is 0 Å². The lowest BCUT2D eigenvalue weighted by Gasteiger charge is -2.11. The zero-order chi connectivity index (χ0) is 15.8. The van der Waals surface area contributed by atoms with Gasteiger partial charge in [0, 0.05) is 18.2 Å². The number of carbonyl (C=O) groups excluding carboxylic acids is 2. The minimum Gasteiger partial charge on any atom is -0.391 e. The minimum atomic E-state index is -0.868. The molecule has 7 heteroatoms. The van der Waals surface area contributed by atoms with Crippen molar-refractivity contribution >= 4 is 11.8 Å². The standard InChI is InChI=1S/C14H18F2N2O3/c1-2-3-12(19)7-17-13(20)8-18-14(21)9-4-10(15)6-11(16)5-9/h4-6,12,19H,2-3,7-8H2,1H3,(H,17,20)(H,18,21). The van der Waals surface area contributed by atoms with Gasteiger partial charge in [0.1, 0.15) is 11.6 Å². The molecule has 0 radical (unpaired) electrons. The third-order valence-electron chi connectivity index (χ3n) is 2.69. The summed E-state index contributed by atoms with van der Waals surface area (Å²) in [7, 11) is 0. The number of halogens is 2. The van der Waals surface area contributed by atoms with Gasteiger partial charge in [-0.3, -0.25) is 9.59 Å². The average Bonchev–Trinajstić information content (AvgIpc) is 2.41. The van der Waals surface area contributed by atoms with Gasteiger partial charge in [0.25, 0.3) is 5.91 Å². The van der Waals surface area contributed by atoms with E-state index < -0.39 is 29.6 Å². The van der Waals surface area contributed by atoms with Crippen molar-refractivity contribution in [3.8, 4) is 0 Å². The highest BCUT2D eigenvalue weighted by Gasteiger charge is 2.11. The quantitative estimate of drug-likeness (QED) is 0.702. The number of aliphatic hydroxyl groups is 1. The third-order valence-corrected chi connectivity index (χ3v) is 2.69. The van der Waals surface area contributed by atoms with Crippen molar-refractivity contribution in [3.63, 3.8) is 0 Å². The molecule has 1 rings (SSSR count). The number of amides is 2. The number of carbonyl (C=O) groups is 2. The Bertz CT molecular complexity index is 489. The number of benzene rings is 1. The fourth-order valence-electron chi connectivity index (χ4n) is 1.68. The molecule has 1 unspecified atom stereocenters. The van der Waals surface area contributed by atoms with Crippen LogP contribution in [0.25, 0.3) is 0 Å². The van der Waals surface area contributed by atoms with E-state index in [9.17, 15) is 23.5 Å². The summed E-state index contributed by atoms with van der Waals surface area (Å²) in [4.78, 5) is 23.1. The SMILES string of the molecule is CCCC(O)CNC(=O)CNC(=O)c1cc(F)cc(F)c1. The lowest BCUT2D eigenvalue weighted by molar-refractivity contribution is -0.120. The van der Waals surface area contributed by atoms with E-state index >= 15 is 0 Å². The predicted molar refractivity (Wildman–Crippen MR) is 72.6 cm³/mol. The molecule has 3 N–H and O–H groups in total. The molecule has 1 atom stereocenters. The van der Waals surface area contributed by atoms with Crippen molar-refractivity contribution in [2.75, 3.05) is 13.1 Å². The molecule has 1 aromatic rings. The Morgan fingerprint density at radius 2 is 1.81 bits per heavy atom. The van der Waals surface area contributed by atoms with Crippen molar-refractivity contribution in [1.82, 2.24) is 10.6 Å². The highest BCUT2D eigenvalue weighted by molar-refractivity contribution is 5.96. The van der Waals surface area contributed by atoms with Crippen molar-refractivity contribution in [3.05, 3.63) is 35.4 Å². The number of rotatable bonds is 7. The second kappa shape index (κ2) is 8.31. The van der Waals surface area contributed by atoms with E-state index in [1.54, 1.807) is 0 Å². The molecule has 0 saturated heterocycles. The van der Waals surface area contributed by atoms with Crippen LogP contribution in [0.3, 0.4) is 0 Å². The topological polar surface area (TPSA) is 78.4 Å². The van der Waals surface area contributed by atoms with Gasteiger partial charge in [0.2, 0.25) is 5.91 Å². The molecule has 0 heterocycles. The van der Waals surface area contributed by atoms with E-state index in [2.05, 4.69) is 10.6 Å².